The topological polar surface area (TPSA) is 18.5 Å². The molecule has 2 fully saturated rings. The van der Waals surface area contributed by atoms with E-state index in [-0.39, 0.29) is 11.2 Å². The second-order valence-corrected chi connectivity index (χ2v) is 5.42. The Hall–Kier alpha value is -0.340. The lowest BCUT2D eigenvalue weighted by Crippen LogP contribution is -2.66. The maximum atomic E-state index is 5.95. The minimum absolute atomic E-state index is 0.226. The lowest BCUT2D eigenvalue weighted by molar-refractivity contribution is -0.337. The van der Waals surface area contributed by atoms with Crippen molar-refractivity contribution in [3.05, 3.63) is 12.2 Å². The molecule has 0 bridgehead atoms. The molecule has 1 saturated heterocycles. The molecule has 2 unspecified atom stereocenters. The van der Waals surface area contributed by atoms with Crippen molar-refractivity contribution in [2.24, 2.45) is 17.3 Å². The van der Waals surface area contributed by atoms with Crippen molar-refractivity contribution in [2.75, 3.05) is 13.2 Å². The molecule has 84 valence electrons. The Morgan fingerprint density at radius 3 is 2.60 bits per heavy atom. The monoisotopic (exact) mass is 208 g/mol. The summed E-state index contributed by atoms with van der Waals surface area (Å²) in [4.78, 5) is 0. The van der Waals surface area contributed by atoms with E-state index >= 15 is 0 Å². The predicted octanol–water partition coefficient (Wildman–Crippen LogP) is 2.74. The van der Waals surface area contributed by atoms with Crippen LogP contribution in [-0.2, 0) is 9.47 Å². The number of allylic oxidation sites excluding steroid dienone is 2. The van der Waals surface area contributed by atoms with Crippen LogP contribution in [0.3, 0.4) is 0 Å². The molecule has 2 aliphatic carbocycles. The van der Waals surface area contributed by atoms with Gasteiger partial charge in [0.2, 0.25) is 0 Å². The average Bonchev–Trinajstić information content (AvgIpc) is 2.67. The van der Waals surface area contributed by atoms with Gasteiger partial charge in [0, 0.05) is 11.8 Å². The maximum absolute atomic E-state index is 5.95. The third-order valence-electron chi connectivity index (χ3n) is 4.74. The van der Waals surface area contributed by atoms with Gasteiger partial charge in [-0.25, -0.2) is 0 Å². The number of hydrogen-bond acceptors (Lipinski definition) is 2. The van der Waals surface area contributed by atoms with E-state index < -0.39 is 0 Å². The minimum Gasteiger partial charge on any atom is -0.347 e. The Bertz CT molecular complexity index is 289. The highest BCUT2D eigenvalue weighted by Gasteiger charge is 2.69. The molecule has 0 radical (unpaired) electrons. The van der Waals surface area contributed by atoms with E-state index in [1.807, 2.05) is 0 Å². The summed E-state index contributed by atoms with van der Waals surface area (Å²) >= 11 is 0. The summed E-state index contributed by atoms with van der Waals surface area (Å²) in [6, 6.07) is 0. The summed E-state index contributed by atoms with van der Waals surface area (Å²) in [5, 5.41) is 0. The molecular formula is C13H20O2. The smallest absolute Gasteiger partial charge is 0.175 e. The highest BCUT2D eigenvalue weighted by Crippen LogP contribution is 2.66. The van der Waals surface area contributed by atoms with Gasteiger partial charge in [0.05, 0.1) is 13.2 Å². The summed E-state index contributed by atoms with van der Waals surface area (Å²) < 4.78 is 11.9. The van der Waals surface area contributed by atoms with Crippen LogP contribution in [0.2, 0.25) is 0 Å². The van der Waals surface area contributed by atoms with E-state index in [9.17, 15) is 0 Å². The van der Waals surface area contributed by atoms with E-state index in [1.54, 1.807) is 0 Å². The fourth-order valence-corrected chi connectivity index (χ4v) is 4.01. The second kappa shape index (κ2) is 3.08. The normalized spacial score (nSPS) is 41.9. The molecule has 1 saturated carbocycles. The molecule has 2 nitrogen and oxygen atoms in total. The van der Waals surface area contributed by atoms with Crippen LogP contribution in [0.15, 0.2) is 12.2 Å². The number of rotatable bonds is 1. The van der Waals surface area contributed by atoms with Gasteiger partial charge in [0.15, 0.2) is 5.79 Å². The average molecular weight is 208 g/mol. The third kappa shape index (κ3) is 1.02. The van der Waals surface area contributed by atoms with E-state index in [1.165, 1.54) is 12.8 Å². The van der Waals surface area contributed by atoms with Crippen molar-refractivity contribution in [1.29, 1.82) is 0 Å². The van der Waals surface area contributed by atoms with Crippen molar-refractivity contribution in [2.45, 2.75) is 38.9 Å². The van der Waals surface area contributed by atoms with Crippen LogP contribution in [0.25, 0.3) is 0 Å². The largest absolute Gasteiger partial charge is 0.347 e. The summed E-state index contributed by atoms with van der Waals surface area (Å²) in [6.45, 7) is 6.20. The third-order valence-corrected chi connectivity index (χ3v) is 4.74. The Labute approximate surface area is 91.6 Å². The van der Waals surface area contributed by atoms with Gasteiger partial charge in [-0.15, -0.1) is 0 Å². The van der Waals surface area contributed by atoms with Crippen LogP contribution < -0.4 is 0 Å². The van der Waals surface area contributed by atoms with Gasteiger partial charge in [-0.2, -0.15) is 0 Å². The van der Waals surface area contributed by atoms with Gasteiger partial charge in [-0.3, -0.25) is 0 Å². The summed E-state index contributed by atoms with van der Waals surface area (Å²) in [6.07, 6.45) is 8.20. The van der Waals surface area contributed by atoms with Crippen LogP contribution >= 0.6 is 0 Å². The molecular weight excluding hydrogens is 188 g/mol. The van der Waals surface area contributed by atoms with Crippen molar-refractivity contribution < 1.29 is 9.47 Å². The van der Waals surface area contributed by atoms with Gasteiger partial charge in [-0.1, -0.05) is 26.0 Å². The van der Waals surface area contributed by atoms with Crippen LogP contribution in [0.5, 0.6) is 0 Å². The molecule has 1 aliphatic heterocycles. The molecule has 2 atom stereocenters. The SMILES string of the molecule is CC(C)C12CCC=CC1CC21OCCO1. The Morgan fingerprint density at radius 2 is 2.00 bits per heavy atom. The van der Waals surface area contributed by atoms with E-state index in [0.29, 0.717) is 11.8 Å². The molecule has 0 aromatic carbocycles. The van der Waals surface area contributed by atoms with Crippen LogP contribution in [0.1, 0.15) is 33.1 Å². The quantitative estimate of drug-likeness (QED) is 0.617. The van der Waals surface area contributed by atoms with Crippen LogP contribution in [0.4, 0.5) is 0 Å². The fourth-order valence-electron chi connectivity index (χ4n) is 4.01. The molecule has 15 heavy (non-hydrogen) atoms. The van der Waals surface area contributed by atoms with E-state index in [2.05, 4.69) is 26.0 Å². The highest BCUT2D eigenvalue weighted by molar-refractivity contribution is 5.20. The fraction of sp³-hybridized carbons (Fsp3) is 0.846. The van der Waals surface area contributed by atoms with Gasteiger partial charge < -0.3 is 9.47 Å². The first kappa shape index (κ1) is 9.86. The predicted molar refractivity (Wildman–Crippen MR) is 58.4 cm³/mol. The first-order chi connectivity index (χ1) is 7.21. The summed E-state index contributed by atoms with van der Waals surface area (Å²) in [5.74, 6) is 1.10. The molecule has 1 heterocycles. The second-order valence-electron chi connectivity index (χ2n) is 5.42. The number of hydrogen-bond donors (Lipinski definition) is 0. The number of ether oxygens (including phenoxy) is 2. The van der Waals surface area contributed by atoms with Crippen LogP contribution in [-0.4, -0.2) is 19.0 Å². The lowest BCUT2D eigenvalue weighted by atomic mass is 9.47. The lowest BCUT2D eigenvalue weighted by Gasteiger charge is -2.64. The van der Waals surface area contributed by atoms with Crippen molar-refractivity contribution in [1.82, 2.24) is 0 Å². The standard InChI is InChI=1S/C13H20O2/c1-10(2)12-6-4-3-5-11(12)9-13(12)14-7-8-15-13/h3,5,10-11H,4,6-9H2,1-2H3. The molecule has 1 spiro atoms. The molecule has 3 aliphatic rings. The molecule has 0 amide bonds. The Balaban J connectivity index is 1.97. The minimum atomic E-state index is -0.226. The molecule has 0 aromatic rings. The molecule has 2 heteroatoms. The van der Waals surface area contributed by atoms with Gasteiger partial charge in [0.1, 0.15) is 0 Å². The van der Waals surface area contributed by atoms with Crippen molar-refractivity contribution in [3.63, 3.8) is 0 Å². The van der Waals surface area contributed by atoms with E-state index in [0.717, 1.165) is 19.6 Å². The molecule has 0 N–H and O–H groups in total. The molecule has 0 aromatic heterocycles. The summed E-state index contributed by atoms with van der Waals surface area (Å²) in [7, 11) is 0. The zero-order valence-electron chi connectivity index (χ0n) is 9.66. The van der Waals surface area contributed by atoms with Gasteiger partial charge >= 0.3 is 0 Å². The zero-order chi connectivity index (χ0) is 10.5. The van der Waals surface area contributed by atoms with Gasteiger partial charge in [0.25, 0.3) is 0 Å². The number of fused-ring (bicyclic) bond motifs is 2. The Morgan fingerprint density at radius 1 is 1.27 bits per heavy atom. The first-order valence-corrected chi connectivity index (χ1v) is 6.16. The highest BCUT2D eigenvalue weighted by atomic mass is 16.7. The maximum Gasteiger partial charge on any atom is 0.175 e. The van der Waals surface area contributed by atoms with E-state index in [4.69, 9.17) is 9.47 Å². The van der Waals surface area contributed by atoms with Crippen molar-refractivity contribution >= 4 is 0 Å². The first-order valence-electron chi connectivity index (χ1n) is 6.16. The zero-order valence-corrected chi connectivity index (χ0v) is 9.66. The van der Waals surface area contributed by atoms with Crippen molar-refractivity contribution in [3.8, 4) is 0 Å². The van der Waals surface area contributed by atoms with Crippen LogP contribution in [0, 0.1) is 17.3 Å². The Kier molecular flexibility index (Phi) is 2.02. The molecule has 3 rings (SSSR count). The van der Waals surface area contributed by atoms with Gasteiger partial charge in [-0.05, 0) is 24.7 Å². The summed E-state index contributed by atoms with van der Waals surface area (Å²) in [5.41, 5.74) is 0.262.